The monoisotopic (exact) mass is 298 g/mol. The summed E-state index contributed by atoms with van der Waals surface area (Å²) in [6, 6.07) is 14.4. The molecule has 0 atom stereocenters. The second-order valence-electron chi connectivity index (χ2n) is 4.20. The van der Waals surface area contributed by atoms with E-state index in [1.165, 1.54) is 4.88 Å². The van der Waals surface area contributed by atoms with Gasteiger partial charge in [0.05, 0.1) is 10.6 Å². The molecule has 1 aromatic carbocycles. The van der Waals surface area contributed by atoms with E-state index >= 15 is 0 Å². The Bertz CT molecular complexity index is 621. The number of thioether (sulfide) groups is 1. The standard InChI is InChI=1S/C16H14N2S2/c1-2-19-16-18-14(12-7-4-3-5-8-12)15(20-16)13-9-6-10-17-11-13/h3-11H,2H2,1H3. The third-order valence-corrected chi connectivity index (χ3v) is 4.98. The van der Waals surface area contributed by atoms with Crippen LogP contribution < -0.4 is 0 Å². The minimum Gasteiger partial charge on any atom is -0.264 e. The minimum absolute atomic E-state index is 1.04. The molecule has 0 saturated carbocycles. The molecule has 0 amide bonds. The third kappa shape index (κ3) is 2.76. The van der Waals surface area contributed by atoms with Gasteiger partial charge in [-0.2, -0.15) is 0 Å². The van der Waals surface area contributed by atoms with Gasteiger partial charge in [-0.1, -0.05) is 55.1 Å². The first-order valence-electron chi connectivity index (χ1n) is 6.48. The van der Waals surface area contributed by atoms with Crippen LogP contribution in [0, 0.1) is 0 Å². The summed E-state index contributed by atoms with van der Waals surface area (Å²) in [4.78, 5) is 10.2. The maximum atomic E-state index is 4.80. The molecule has 2 nitrogen and oxygen atoms in total. The van der Waals surface area contributed by atoms with Gasteiger partial charge < -0.3 is 0 Å². The van der Waals surface area contributed by atoms with Gasteiger partial charge in [0.1, 0.15) is 0 Å². The highest BCUT2D eigenvalue weighted by Gasteiger charge is 2.14. The van der Waals surface area contributed by atoms with Crippen molar-refractivity contribution in [3.05, 3.63) is 54.9 Å². The lowest BCUT2D eigenvalue weighted by molar-refractivity contribution is 1.25. The van der Waals surface area contributed by atoms with E-state index in [2.05, 4.69) is 30.1 Å². The Morgan fingerprint density at radius 2 is 1.85 bits per heavy atom. The smallest absolute Gasteiger partial charge is 0.151 e. The normalized spacial score (nSPS) is 10.7. The van der Waals surface area contributed by atoms with Crippen LogP contribution in [0.15, 0.2) is 59.2 Å². The van der Waals surface area contributed by atoms with Gasteiger partial charge in [-0.05, 0) is 11.8 Å². The zero-order valence-corrected chi connectivity index (χ0v) is 12.7. The summed E-state index contributed by atoms with van der Waals surface area (Å²) in [5.41, 5.74) is 3.34. The van der Waals surface area contributed by atoms with Gasteiger partial charge in [-0.15, -0.1) is 11.3 Å². The van der Waals surface area contributed by atoms with E-state index in [0.717, 1.165) is 26.9 Å². The third-order valence-electron chi connectivity index (χ3n) is 2.85. The van der Waals surface area contributed by atoms with Crippen molar-refractivity contribution in [1.29, 1.82) is 0 Å². The number of benzene rings is 1. The van der Waals surface area contributed by atoms with Crippen LogP contribution in [-0.4, -0.2) is 15.7 Å². The fourth-order valence-electron chi connectivity index (χ4n) is 1.97. The number of pyridine rings is 1. The van der Waals surface area contributed by atoms with Crippen LogP contribution in [0.2, 0.25) is 0 Å². The molecule has 100 valence electrons. The van der Waals surface area contributed by atoms with E-state index in [9.17, 15) is 0 Å². The lowest BCUT2D eigenvalue weighted by atomic mass is 10.1. The summed E-state index contributed by atoms with van der Waals surface area (Å²) >= 11 is 3.53. The molecular formula is C16H14N2S2. The van der Waals surface area contributed by atoms with E-state index in [4.69, 9.17) is 4.98 Å². The Labute approximate surface area is 126 Å². The molecule has 0 saturated heterocycles. The van der Waals surface area contributed by atoms with Crippen LogP contribution in [0.5, 0.6) is 0 Å². The number of aromatic nitrogens is 2. The molecule has 2 heterocycles. The first-order valence-corrected chi connectivity index (χ1v) is 8.28. The number of hydrogen-bond acceptors (Lipinski definition) is 4. The van der Waals surface area contributed by atoms with E-state index in [1.54, 1.807) is 29.3 Å². The van der Waals surface area contributed by atoms with Crippen LogP contribution in [0.1, 0.15) is 6.92 Å². The van der Waals surface area contributed by atoms with Crippen LogP contribution >= 0.6 is 23.1 Å². The highest BCUT2D eigenvalue weighted by Crippen LogP contribution is 2.39. The first-order chi connectivity index (χ1) is 9.88. The molecular weight excluding hydrogens is 284 g/mol. The average molecular weight is 298 g/mol. The second-order valence-corrected chi connectivity index (χ2v) is 6.71. The summed E-state index contributed by atoms with van der Waals surface area (Å²) in [7, 11) is 0. The lowest BCUT2D eigenvalue weighted by Gasteiger charge is -2.01. The summed E-state index contributed by atoms with van der Waals surface area (Å²) in [6.45, 7) is 2.15. The molecule has 0 aliphatic rings. The van der Waals surface area contributed by atoms with Crippen LogP contribution in [0.4, 0.5) is 0 Å². The van der Waals surface area contributed by atoms with Gasteiger partial charge in [-0.25, -0.2) is 4.98 Å². The summed E-state index contributed by atoms with van der Waals surface area (Å²) in [5.74, 6) is 1.04. The fourth-order valence-corrected chi connectivity index (χ4v) is 4.02. The molecule has 2 aromatic heterocycles. The first kappa shape index (κ1) is 13.3. The second kappa shape index (κ2) is 6.20. The summed E-state index contributed by atoms with van der Waals surface area (Å²) in [5, 5.41) is 0. The maximum absolute atomic E-state index is 4.80. The van der Waals surface area contributed by atoms with E-state index in [-0.39, 0.29) is 0 Å². The van der Waals surface area contributed by atoms with Crippen LogP contribution in [0.25, 0.3) is 21.7 Å². The van der Waals surface area contributed by atoms with Crippen molar-refractivity contribution >= 4 is 23.1 Å². The molecule has 0 aliphatic heterocycles. The minimum atomic E-state index is 1.04. The molecule has 3 aromatic rings. The van der Waals surface area contributed by atoms with Crippen molar-refractivity contribution < 1.29 is 0 Å². The van der Waals surface area contributed by atoms with Crippen molar-refractivity contribution in [1.82, 2.24) is 9.97 Å². The average Bonchev–Trinajstić information content (AvgIpc) is 2.93. The fraction of sp³-hybridized carbons (Fsp3) is 0.125. The zero-order valence-electron chi connectivity index (χ0n) is 11.1. The Morgan fingerprint density at radius 3 is 2.55 bits per heavy atom. The van der Waals surface area contributed by atoms with Crippen LogP contribution in [-0.2, 0) is 0 Å². The lowest BCUT2D eigenvalue weighted by Crippen LogP contribution is -1.82. The van der Waals surface area contributed by atoms with Crippen molar-refractivity contribution in [2.45, 2.75) is 11.3 Å². The van der Waals surface area contributed by atoms with Gasteiger partial charge >= 0.3 is 0 Å². The number of hydrogen-bond donors (Lipinski definition) is 0. The SMILES string of the molecule is CCSc1nc(-c2ccccc2)c(-c2cccnc2)s1. The molecule has 0 radical (unpaired) electrons. The van der Waals surface area contributed by atoms with Gasteiger partial charge in [0.25, 0.3) is 0 Å². The predicted octanol–water partition coefficient (Wildman–Crippen LogP) is 4.98. The highest BCUT2D eigenvalue weighted by atomic mass is 32.2. The summed E-state index contributed by atoms with van der Waals surface area (Å²) in [6.07, 6.45) is 3.70. The summed E-state index contributed by atoms with van der Waals surface area (Å²) < 4.78 is 1.12. The number of rotatable bonds is 4. The largest absolute Gasteiger partial charge is 0.264 e. The van der Waals surface area contributed by atoms with E-state index in [0.29, 0.717) is 0 Å². The van der Waals surface area contributed by atoms with Crippen molar-refractivity contribution in [3.63, 3.8) is 0 Å². The predicted molar refractivity (Wildman–Crippen MR) is 87.2 cm³/mol. The molecule has 0 bridgehead atoms. The molecule has 0 unspecified atom stereocenters. The molecule has 3 rings (SSSR count). The Morgan fingerprint density at radius 1 is 1.05 bits per heavy atom. The number of nitrogens with zero attached hydrogens (tertiary/aromatic N) is 2. The van der Waals surface area contributed by atoms with Gasteiger partial charge in [0, 0.05) is 23.5 Å². The zero-order chi connectivity index (χ0) is 13.8. The van der Waals surface area contributed by atoms with E-state index in [1.807, 2.05) is 30.5 Å². The molecule has 0 N–H and O–H groups in total. The van der Waals surface area contributed by atoms with Gasteiger partial charge in [0.2, 0.25) is 0 Å². The molecule has 0 aliphatic carbocycles. The molecule has 0 fully saturated rings. The van der Waals surface area contributed by atoms with Crippen molar-refractivity contribution in [3.8, 4) is 21.7 Å². The highest BCUT2D eigenvalue weighted by molar-refractivity contribution is 8.01. The topological polar surface area (TPSA) is 25.8 Å². The quantitative estimate of drug-likeness (QED) is 0.635. The van der Waals surface area contributed by atoms with Gasteiger partial charge in [-0.3, -0.25) is 4.98 Å². The maximum Gasteiger partial charge on any atom is 0.151 e. The van der Waals surface area contributed by atoms with Crippen LogP contribution in [0.3, 0.4) is 0 Å². The molecule has 4 heteroatoms. The Kier molecular flexibility index (Phi) is 4.14. The van der Waals surface area contributed by atoms with E-state index < -0.39 is 0 Å². The molecule has 0 spiro atoms. The molecule has 20 heavy (non-hydrogen) atoms. The van der Waals surface area contributed by atoms with Gasteiger partial charge in [0.15, 0.2) is 4.34 Å². The van der Waals surface area contributed by atoms with Crippen molar-refractivity contribution in [2.24, 2.45) is 0 Å². The Balaban J connectivity index is 2.13. The number of thiazole rings is 1. The Hall–Kier alpha value is -1.65. The van der Waals surface area contributed by atoms with Crippen molar-refractivity contribution in [2.75, 3.05) is 5.75 Å².